The maximum absolute atomic E-state index is 13.2. The van der Waals surface area contributed by atoms with E-state index in [1.807, 2.05) is 0 Å². The van der Waals surface area contributed by atoms with Crippen LogP contribution < -0.4 is 9.62 Å². The second-order valence-electron chi connectivity index (χ2n) is 5.56. The predicted molar refractivity (Wildman–Crippen MR) is 84.4 cm³/mol. The third kappa shape index (κ3) is 4.76. The molecule has 0 bridgehead atoms. The van der Waals surface area contributed by atoms with Gasteiger partial charge in [-0.1, -0.05) is 11.6 Å². The van der Waals surface area contributed by atoms with E-state index in [0.29, 0.717) is 10.4 Å². The Bertz CT molecular complexity index is 733. The van der Waals surface area contributed by atoms with Crippen LogP contribution in [0.15, 0.2) is 18.2 Å². The van der Waals surface area contributed by atoms with Gasteiger partial charge in [-0.15, -0.1) is 0 Å². The highest BCUT2D eigenvalue weighted by atomic mass is 35.5. The summed E-state index contributed by atoms with van der Waals surface area (Å²) in [5.74, 6) is -0.284. The van der Waals surface area contributed by atoms with Gasteiger partial charge in [-0.25, -0.2) is 8.42 Å². The van der Waals surface area contributed by atoms with Crippen molar-refractivity contribution in [2.75, 3.05) is 23.7 Å². The van der Waals surface area contributed by atoms with Crippen LogP contribution in [0.3, 0.4) is 0 Å². The average molecular weight is 385 g/mol. The lowest BCUT2D eigenvalue weighted by atomic mass is 10.1. The van der Waals surface area contributed by atoms with E-state index in [-0.39, 0.29) is 29.9 Å². The van der Waals surface area contributed by atoms with Gasteiger partial charge in [0.1, 0.15) is 0 Å². The van der Waals surface area contributed by atoms with Crippen molar-refractivity contribution in [2.45, 2.75) is 19.0 Å². The van der Waals surface area contributed by atoms with Crippen molar-refractivity contribution in [3.05, 3.63) is 28.8 Å². The van der Waals surface area contributed by atoms with Crippen molar-refractivity contribution in [1.82, 2.24) is 5.32 Å². The molecular weight excluding hydrogens is 369 g/mol. The van der Waals surface area contributed by atoms with Crippen LogP contribution in [0.1, 0.15) is 18.4 Å². The van der Waals surface area contributed by atoms with Crippen LogP contribution in [0.2, 0.25) is 5.02 Å². The van der Waals surface area contributed by atoms with Crippen LogP contribution in [0.4, 0.5) is 18.9 Å². The standard InChI is InChI=1S/C14H16ClF3N2O3S/c1-24(22,23)20(7-6-19-13(21)9-2-3-9)12-5-4-10(15)8-11(12)14(16,17)18/h4-5,8-9H,2-3,6-7H2,1H3,(H,19,21). The van der Waals surface area contributed by atoms with E-state index in [1.54, 1.807) is 0 Å². The van der Waals surface area contributed by atoms with Gasteiger partial charge in [-0.2, -0.15) is 13.2 Å². The molecule has 1 fully saturated rings. The third-order valence-electron chi connectivity index (χ3n) is 3.50. The van der Waals surface area contributed by atoms with Crippen LogP contribution >= 0.6 is 11.6 Å². The van der Waals surface area contributed by atoms with Crippen molar-refractivity contribution < 1.29 is 26.4 Å². The Hall–Kier alpha value is -1.48. The van der Waals surface area contributed by atoms with Crippen LogP contribution in [-0.2, 0) is 21.0 Å². The number of sulfonamides is 1. The van der Waals surface area contributed by atoms with Crippen LogP contribution in [0, 0.1) is 5.92 Å². The number of nitrogens with one attached hydrogen (secondary N) is 1. The van der Waals surface area contributed by atoms with Gasteiger partial charge in [0.15, 0.2) is 0 Å². The van der Waals surface area contributed by atoms with E-state index in [4.69, 9.17) is 11.6 Å². The van der Waals surface area contributed by atoms with Gasteiger partial charge in [0.05, 0.1) is 24.1 Å². The van der Waals surface area contributed by atoms with Crippen LogP contribution in [-0.4, -0.2) is 33.7 Å². The molecule has 10 heteroatoms. The lowest BCUT2D eigenvalue weighted by Crippen LogP contribution is -2.39. The molecule has 0 atom stereocenters. The molecule has 1 amide bonds. The fourth-order valence-electron chi connectivity index (χ4n) is 2.19. The summed E-state index contributed by atoms with van der Waals surface area (Å²) in [5, 5.41) is 2.38. The Morgan fingerprint density at radius 2 is 2.00 bits per heavy atom. The van der Waals surface area contributed by atoms with E-state index < -0.39 is 27.5 Å². The Morgan fingerprint density at radius 1 is 1.38 bits per heavy atom. The highest BCUT2D eigenvalue weighted by molar-refractivity contribution is 7.92. The second kappa shape index (κ2) is 6.79. The van der Waals surface area contributed by atoms with Gasteiger partial charge >= 0.3 is 6.18 Å². The van der Waals surface area contributed by atoms with E-state index in [1.165, 1.54) is 6.07 Å². The largest absolute Gasteiger partial charge is 0.418 e. The van der Waals surface area contributed by atoms with E-state index >= 15 is 0 Å². The zero-order valence-corrected chi connectivity index (χ0v) is 14.3. The molecule has 0 heterocycles. The minimum atomic E-state index is -4.76. The zero-order valence-electron chi connectivity index (χ0n) is 12.7. The molecule has 1 aromatic carbocycles. The molecule has 1 saturated carbocycles. The number of carbonyl (C=O) groups is 1. The smallest absolute Gasteiger partial charge is 0.354 e. The maximum atomic E-state index is 13.2. The molecule has 0 saturated heterocycles. The molecule has 0 unspecified atom stereocenters. The van der Waals surface area contributed by atoms with Gasteiger partial charge in [0, 0.05) is 17.5 Å². The third-order valence-corrected chi connectivity index (χ3v) is 4.91. The predicted octanol–water partition coefficient (Wildman–Crippen LogP) is 2.65. The summed E-state index contributed by atoms with van der Waals surface area (Å²) in [7, 11) is -3.98. The number of alkyl halides is 3. The molecule has 0 spiro atoms. The lowest BCUT2D eigenvalue weighted by Gasteiger charge is -2.26. The Labute approximate surface area is 142 Å². The minimum absolute atomic E-state index is 0.0713. The highest BCUT2D eigenvalue weighted by Gasteiger charge is 2.37. The van der Waals surface area contributed by atoms with Crippen molar-refractivity contribution >= 4 is 33.2 Å². The SMILES string of the molecule is CS(=O)(=O)N(CCNC(=O)C1CC1)c1ccc(Cl)cc1C(F)(F)F. The number of benzene rings is 1. The Balaban J connectivity index is 2.26. The average Bonchev–Trinajstić information content (AvgIpc) is 3.26. The van der Waals surface area contributed by atoms with Crippen molar-refractivity contribution in [2.24, 2.45) is 5.92 Å². The summed E-state index contributed by atoms with van der Waals surface area (Å²) in [6.07, 6.45) is -2.40. The molecule has 1 aromatic rings. The maximum Gasteiger partial charge on any atom is 0.418 e. The summed E-state index contributed by atoms with van der Waals surface area (Å²) in [4.78, 5) is 11.6. The molecule has 0 aliphatic heterocycles. The fourth-order valence-corrected chi connectivity index (χ4v) is 3.30. The molecule has 5 nitrogen and oxygen atoms in total. The van der Waals surface area contributed by atoms with Crippen LogP contribution in [0.5, 0.6) is 0 Å². The lowest BCUT2D eigenvalue weighted by molar-refractivity contribution is -0.137. The molecule has 1 aliphatic carbocycles. The summed E-state index contributed by atoms with van der Waals surface area (Å²) >= 11 is 5.60. The van der Waals surface area contributed by atoms with Gasteiger partial charge in [-0.05, 0) is 31.0 Å². The first-order valence-corrected chi connectivity index (χ1v) is 9.35. The van der Waals surface area contributed by atoms with Gasteiger partial charge in [0.25, 0.3) is 0 Å². The second-order valence-corrected chi connectivity index (χ2v) is 7.90. The number of nitrogens with zero attached hydrogens (tertiary/aromatic N) is 1. The minimum Gasteiger partial charge on any atom is -0.354 e. The number of amides is 1. The van der Waals surface area contributed by atoms with Crippen molar-refractivity contribution in [1.29, 1.82) is 0 Å². The number of hydrogen-bond acceptors (Lipinski definition) is 3. The molecule has 1 aliphatic rings. The van der Waals surface area contributed by atoms with Crippen LogP contribution in [0.25, 0.3) is 0 Å². The first kappa shape index (κ1) is 18.9. The molecule has 0 radical (unpaired) electrons. The molecular formula is C14H16ClF3N2O3S. The fraction of sp³-hybridized carbons (Fsp3) is 0.500. The van der Waals surface area contributed by atoms with Crippen molar-refractivity contribution in [3.63, 3.8) is 0 Å². The summed E-state index contributed by atoms with van der Waals surface area (Å²) in [5.41, 5.74) is -1.66. The topological polar surface area (TPSA) is 66.5 Å². The monoisotopic (exact) mass is 384 g/mol. The summed E-state index contributed by atoms with van der Waals surface area (Å²) in [6.45, 7) is -0.385. The summed E-state index contributed by atoms with van der Waals surface area (Å²) < 4.78 is 64.1. The first-order chi connectivity index (χ1) is 11.0. The van der Waals surface area contributed by atoms with E-state index in [2.05, 4.69) is 5.32 Å². The first-order valence-electron chi connectivity index (χ1n) is 7.12. The molecule has 134 valence electrons. The zero-order chi connectivity index (χ0) is 18.1. The summed E-state index contributed by atoms with van der Waals surface area (Å²) in [6, 6.07) is 2.87. The molecule has 0 aromatic heterocycles. The highest BCUT2D eigenvalue weighted by Crippen LogP contribution is 2.38. The normalized spacial score (nSPS) is 15.2. The number of hydrogen-bond donors (Lipinski definition) is 1. The van der Waals surface area contributed by atoms with E-state index in [9.17, 15) is 26.4 Å². The molecule has 24 heavy (non-hydrogen) atoms. The van der Waals surface area contributed by atoms with Gasteiger partial charge in [0.2, 0.25) is 15.9 Å². The molecule has 2 rings (SSSR count). The number of halogens is 4. The number of carbonyl (C=O) groups excluding carboxylic acids is 1. The van der Waals surface area contributed by atoms with Crippen molar-refractivity contribution in [3.8, 4) is 0 Å². The Morgan fingerprint density at radius 3 is 2.50 bits per heavy atom. The van der Waals surface area contributed by atoms with E-state index in [0.717, 1.165) is 25.2 Å². The quantitative estimate of drug-likeness (QED) is 0.820. The number of anilines is 1. The number of rotatable bonds is 6. The molecule has 1 N–H and O–H groups in total. The Kier molecular flexibility index (Phi) is 5.34. The van der Waals surface area contributed by atoms with Gasteiger partial charge in [-0.3, -0.25) is 9.10 Å². The van der Waals surface area contributed by atoms with Gasteiger partial charge < -0.3 is 5.32 Å².